The second-order valence-corrected chi connectivity index (χ2v) is 5.97. The molecule has 2 aromatic rings. The summed E-state index contributed by atoms with van der Waals surface area (Å²) >= 11 is 0. The van der Waals surface area contributed by atoms with E-state index in [1.165, 1.54) is 0 Å². The molecular formula is C20H21N3O5. The van der Waals surface area contributed by atoms with Crippen molar-refractivity contribution < 1.29 is 24.3 Å². The first kappa shape index (κ1) is 20.6. The third-order valence-electron chi connectivity index (χ3n) is 3.81. The Hall–Kier alpha value is -3.68. The summed E-state index contributed by atoms with van der Waals surface area (Å²) in [5.41, 5.74) is 1.18. The fraction of sp³-hybridized carbons (Fsp3) is 0.200. The number of carbonyl (C=O) groups is 4. The smallest absolute Gasteiger partial charge is 0.326 e. The van der Waals surface area contributed by atoms with Gasteiger partial charge in [0.15, 0.2) is 0 Å². The molecule has 2 aromatic carbocycles. The third kappa shape index (κ3) is 6.91. The number of nitrogens with one attached hydrogen (secondary N) is 3. The monoisotopic (exact) mass is 383 g/mol. The summed E-state index contributed by atoms with van der Waals surface area (Å²) in [7, 11) is 0. The van der Waals surface area contributed by atoms with E-state index in [1.54, 1.807) is 54.6 Å². The lowest BCUT2D eigenvalue weighted by Gasteiger charge is -2.15. The summed E-state index contributed by atoms with van der Waals surface area (Å²) in [6.45, 7) is -0.688. The van der Waals surface area contributed by atoms with Crippen LogP contribution in [0.15, 0.2) is 60.7 Å². The molecule has 8 nitrogen and oxygen atoms in total. The average molecular weight is 383 g/mol. The predicted molar refractivity (Wildman–Crippen MR) is 101 cm³/mol. The minimum absolute atomic E-state index is 0.128. The number of rotatable bonds is 9. The van der Waals surface area contributed by atoms with Crippen LogP contribution in [0.25, 0.3) is 0 Å². The molecule has 0 aliphatic heterocycles. The van der Waals surface area contributed by atoms with Crippen LogP contribution in [0, 0.1) is 0 Å². The maximum atomic E-state index is 11.9. The molecule has 0 aliphatic carbocycles. The number of carboxylic acid groups (broad SMARTS) is 1. The second kappa shape index (κ2) is 10.5. The van der Waals surface area contributed by atoms with Crippen LogP contribution in [-0.2, 0) is 20.8 Å². The first-order valence-corrected chi connectivity index (χ1v) is 8.61. The number of amides is 3. The Morgan fingerprint density at radius 2 is 1.36 bits per heavy atom. The third-order valence-corrected chi connectivity index (χ3v) is 3.81. The molecule has 8 heteroatoms. The van der Waals surface area contributed by atoms with Gasteiger partial charge in [-0.2, -0.15) is 0 Å². The molecule has 2 rings (SSSR count). The highest BCUT2D eigenvalue weighted by Gasteiger charge is 2.20. The van der Waals surface area contributed by atoms with E-state index in [-0.39, 0.29) is 13.0 Å². The van der Waals surface area contributed by atoms with Crippen LogP contribution < -0.4 is 16.0 Å². The molecule has 0 saturated carbocycles. The van der Waals surface area contributed by atoms with Gasteiger partial charge in [-0.05, 0) is 17.7 Å². The largest absolute Gasteiger partial charge is 0.480 e. The predicted octanol–water partition coefficient (Wildman–Crippen LogP) is 0.345. The van der Waals surface area contributed by atoms with Crippen molar-refractivity contribution in [3.8, 4) is 0 Å². The number of hydrogen-bond donors (Lipinski definition) is 4. The highest BCUT2D eigenvalue weighted by Crippen LogP contribution is 2.03. The van der Waals surface area contributed by atoms with E-state index in [2.05, 4.69) is 16.0 Å². The van der Waals surface area contributed by atoms with E-state index >= 15 is 0 Å². The lowest BCUT2D eigenvalue weighted by molar-refractivity contribution is -0.141. The van der Waals surface area contributed by atoms with Gasteiger partial charge in [0.2, 0.25) is 11.8 Å². The number of aliphatic carboxylic acids is 1. The first-order chi connectivity index (χ1) is 13.5. The quantitative estimate of drug-likeness (QED) is 0.497. The summed E-state index contributed by atoms with van der Waals surface area (Å²) in [5.74, 6) is -2.77. The number of carboxylic acids is 1. The molecule has 0 heterocycles. The number of hydrogen-bond acceptors (Lipinski definition) is 4. The van der Waals surface area contributed by atoms with E-state index in [0.717, 1.165) is 5.56 Å². The molecule has 3 amide bonds. The Morgan fingerprint density at radius 1 is 0.786 bits per heavy atom. The van der Waals surface area contributed by atoms with Gasteiger partial charge in [-0.3, -0.25) is 14.4 Å². The van der Waals surface area contributed by atoms with Crippen LogP contribution in [0.1, 0.15) is 15.9 Å². The Morgan fingerprint density at radius 3 is 1.96 bits per heavy atom. The molecule has 0 radical (unpaired) electrons. The van der Waals surface area contributed by atoms with Crippen molar-refractivity contribution in [2.24, 2.45) is 0 Å². The van der Waals surface area contributed by atoms with Crippen molar-refractivity contribution in [2.75, 3.05) is 13.1 Å². The van der Waals surface area contributed by atoms with E-state index in [0.29, 0.717) is 5.56 Å². The van der Waals surface area contributed by atoms with Gasteiger partial charge in [0, 0.05) is 12.0 Å². The molecule has 0 aliphatic rings. The molecule has 28 heavy (non-hydrogen) atoms. The second-order valence-electron chi connectivity index (χ2n) is 5.97. The van der Waals surface area contributed by atoms with Crippen molar-refractivity contribution in [3.63, 3.8) is 0 Å². The van der Waals surface area contributed by atoms with Crippen molar-refractivity contribution in [3.05, 3.63) is 71.8 Å². The Bertz CT molecular complexity index is 824. The SMILES string of the molecule is O=C(CNC(=O)c1ccccc1)NCC(=O)NC(Cc1ccccc1)C(=O)O. The van der Waals surface area contributed by atoms with Gasteiger partial charge in [-0.15, -0.1) is 0 Å². The van der Waals surface area contributed by atoms with Gasteiger partial charge in [0.1, 0.15) is 6.04 Å². The molecule has 0 fully saturated rings. The zero-order valence-corrected chi connectivity index (χ0v) is 15.1. The minimum Gasteiger partial charge on any atom is -0.480 e. The van der Waals surface area contributed by atoms with Gasteiger partial charge in [-0.25, -0.2) is 4.79 Å². The number of carbonyl (C=O) groups excluding carboxylic acids is 3. The van der Waals surface area contributed by atoms with E-state index < -0.39 is 36.3 Å². The lowest BCUT2D eigenvalue weighted by atomic mass is 10.1. The molecule has 146 valence electrons. The molecule has 0 aromatic heterocycles. The van der Waals surface area contributed by atoms with Crippen LogP contribution in [0.5, 0.6) is 0 Å². The van der Waals surface area contributed by atoms with Crippen molar-refractivity contribution in [1.82, 2.24) is 16.0 Å². The van der Waals surface area contributed by atoms with E-state index in [4.69, 9.17) is 0 Å². The maximum Gasteiger partial charge on any atom is 0.326 e. The summed E-state index contributed by atoms with van der Waals surface area (Å²) in [4.78, 5) is 46.9. The van der Waals surface area contributed by atoms with E-state index in [9.17, 15) is 24.3 Å². The summed E-state index contributed by atoms with van der Waals surface area (Å²) in [5, 5.41) is 16.4. The minimum atomic E-state index is -1.17. The standard InChI is InChI=1S/C20H21N3O5/c24-17(12-22-19(26)15-9-5-2-6-10-15)21-13-18(25)23-16(20(27)28)11-14-7-3-1-4-8-14/h1-10,16H,11-13H2,(H,21,24)(H,22,26)(H,23,25)(H,27,28). The molecule has 0 saturated heterocycles. The molecule has 0 bridgehead atoms. The van der Waals surface area contributed by atoms with Gasteiger partial charge in [0.25, 0.3) is 5.91 Å². The van der Waals surface area contributed by atoms with Gasteiger partial charge >= 0.3 is 5.97 Å². The summed E-state index contributed by atoms with van der Waals surface area (Å²) in [6, 6.07) is 16.2. The number of benzene rings is 2. The van der Waals surface area contributed by atoms with Crippen molar-refractivity contribution in [1.29, 1.82) is 0 Å². The molecule has 0 spiro atoms. The zero-order chi connectivity index (χ0) is 20.4. The van der Waals surface area contributed by atoms with E-state index in [1.807, 2.05) is 6.07 Å². The Kier molecular flexibility index (Phi) is 7.71. The maximum absolute atomic E-state index is 11.9. The normalized spacial score (nSPS) is 11.1. The van der Waals surface area contributed by atoms with Gasteiger partial charge < -0.3 is 21.1 Å². The van der Waals surface area contributed by atoms with Crippen LogP contribution in [-0.4, -0.2) is 47.9 Å². The van der Waals surface area contributed by atoms with Crippen molar-refractivity contribution >= 4 is 23.7 Å². The molecular weight excluding hydrogens is 362 g/mol. The first-order valence-electron chi connectivity index (χ1n) is 8.61. The van der Waals surface area contributed by atoms with Crippen LogP contribution >= 0.6 is 0 Å². The fourth-order valence-electron chi connectivity index (χ4n) is 2.39. The topological polar surface area (TPSA) is 125 Å². The highest BCUT2D eigenvalue weighted by atomic mass is 16.4. The molecule has 1 atom stereocenters. The lowest BCUT2D eigenvalue weighted by Crippen LogP contribution is -2.47. The average Bonchev–Trinajstić information content (AvgIpc) is 2.71. The fourth-order valence-corrected chi connectivity index (χ4v) is 2.39. The Labute approximate surface area is 161 Å². The summed E-state index contributed by atoms with van der Waals surface area (Å²) in [6.07, 6.45) is 0.128. The van der Waals surface area contributed by atoms with Crippen LogP contribution in [0.2, 0.25) is 0 Å². The van der Waals surface area contributed by atoms with Crippen LogP contribution in [0.3, 0.4) is 0 Å². The Balaban J connectivity index is 1.74. The van der Waals surface area contributed by atoms with Gasteiger partial charge in [0.05, 0.1) is 13.1 Å². The molecule has 4 N–H and O–H groups in total. The van der Waals surface area contributed by atoms with Crippen LogP contribution in [0.4, 0.5) is 0 Å². The highest BCUT2D eigenvalue weighted by molar-refractivity contribution is 5.96. The van der Waals surface area contributed by atoms with Crippen molar-refractivity contribution in [2.45, 2.75) is 12.5 Å². The zero-order valence-electron chi connectivity index (χ0n) is 15.1. The van der Waals surface area contributed by atoms with Gasteiger partial charge in [-0.1, -0.05) is 48.5 Å². The summed E-state index contributed by atoms with van der Waals surface area (Å²) < 4.78 is 0. The molecule has 1 unspecified atom stereocenters.